The molecule has 1 aromatic rings. The molecule has 0 radical (unpaired) electrons. The Morgan fingerprint density at radius 3 is 2.61 bits per heavy atom. The smallest absolute Gasteiger partial charge is 0.243 e. The minimum Gasteiger partial charge on any atom is -0.496 e. The van der Waals surface area contributed by atoms with Gasteiger partial charge in [0.2, 0.25) is 10.0 Å². The number of nitrogens with zero attached hydrogens (tertiary/aromatic N) is 1. The quantitative estimate of drug-likeness (QED) is 0.774. The molecule has 1 aromatic carbocycles. The molecular weight excluding hydrogens is 408 g/mol. The van der Waals surface area contributed by atoms with Crippen molar-refractivity contribution in [3.8, 4) is 5.75 Å². The van der Waals surface area contributed by atoms with Crippen LogP contribution in [0.4, 0.5) is 0 Å². The van der Waals surface area contributed by atoms with Crippen LogP contribution < -0.4 is 10.5 Å². The van der Waals surface area contributed by atoms with Crippen LogP contribution in [0.3, 0.4) is 0 Å². The number of benzene rings is 1. The van der Waals surface area contributed by atoms with Crippen molar-refractivity contribution in [3.63, 3.8) is 0 Å². The molecule has 0 spiro atoms. The van der Waals surface area contributed by atoms with Gasteiger partial charge in [0, 0.05) is 26.2 Å². The van der Waals surface area contributed by atoms with Crippen molar-refractivity contribution in [2.24, 2.45) is 5.73 Å². The lowest BCUT2D eigenvalue weighted by Gasteiger charge is -2.37. The summed E-state index contributed by atoms with van der Waals surface area (Å²) in [6.07, 6.45) is 1.34. The van der Waals surface area contributed by atoms with E-state index in [1.54, 1.807) is 25.3 Å². The average molecular weight is 430 g/mol. The summed E-state index contributed by atoms with van der Waals surface area (Å²) in [5, 5.41) is 0. The first-order valence-corrected chi connectivity index (χ1v) is 9.25. The summed E-state index contributed by atoms with van der Waals surface area (Å²) in [5.74, 6) is 0.590. The third-order valence-corrected chi connectivity index (χ3v) is 6.52. The summed E-state index contributed by atoms with van der Waals surface area (Å²) in [5.41, 5.74) is 5.77. The molecule has 0 bridgehead atoms. The van der Waals surface area contributed by atoms with E-state index < -0.39 is 10.0 Å². The molecule has 1 aliphatic rings. The molecule has 0 aromatic heterocycles. The topological polar surface area (TPSA) is 81.9 Å². The summed E-state index contributed by atoms with van der Waals surface area (Å²) >= 11 is 3.32. The van der Waals surface area contributed by atoms with Crippen LogP contribution in [0.15, 0.2) is 27.6 Å². The minimum atomic E-state index is -3.59. The van der Waals surface area contributed by atoms with Gasteiger partial charge in [0.05, 0.1) is 22.6 Å². The molecule has 1 saturated heterocycles. The second-order valence-electron chi connectivity index (χ2n) is 5.18. The van der Waals surface area contributed by atoms with Crippen molar-refractivity contribution in [3.05, 3.63) is 22.7 Å². The van der Waals surface area contributed by atoms with Crippen LogP contribution in [-0.4, -0.2) is 52.2 Å². The van der Waals surface area contributed by atoms with Gasteiger partial charge in [-0.3, -0.25) is 0 Å². The SMILES string of the molecule is COc1ccc(S(=O)(=O)N2CCC(OC)CC2CN)cc1Br.Cl. The van der Waals surface area contributed by atoms with Gasteiger partial charge in [0.25, 0.3) is 0 Å². The first-order chi connectivity index (χ1) is 10.4. The van der Waals surface area contributed by atoms with Crippen LogP contribution in [0.2, 0.25) is 0 Å². The molecule has 1 fully saturated rings. The molecule has 1 heterocycles. The summed E-state index contributed by atoms with van der Waals surface area (Å²) in [4.78, 5) is 0.231. The van der Waals surface area contributed by atoms with Crippen LogP contribution in [0, 0.1) is 0 Å². The van der Waals surface area contributed by atoms with Crippen molar-refractivity contribution >= 4 is 38.4 Å². The van der Waals surface area contributed by atoms with E-state index in [0.29, 0.717) is 29.6 Å². The lowest BCUT2D eigenvalue weighted by molar-refractivity contribution is 0.0401. The number of hydrogen-bond acceptors (Lipinski definition) is 5. The van der Waals surface area contributed by atoms with Gasteiger partial charge in [-0.1, -0.05) is 0 Å². The number of nitrogens with two attached hydrogens (primary N) is 1. The van der Waals surface area contributed by atoms with E-state index in [4.69, 9.17) is 15.2 Å². The second kappa shape index (κ2) is 8.64. The number of sulfonamides is 1. The van der Waals surface area contributed by atoms with E-state index in [1.165, 1.54) is 11.4 Å². The number of piperidine rings is 1. The predicted octanol–water partition coefficient (Wildman–Crippen LogP) is 2.01. The van der Waals surface area contributed by atoms with Gasteiger partial charge in [0.15, 0.2) is 0 Å². The highest BCUT2D eigenvalue weighted by molar-refractivity contribution is 9.10. The van der Waals surface area contributed by atoms with Gasteiger partial charge in [-0.15, -0.1) is 12.4 Å². The third-order valence-electron chi connectivity index (χ3n) is 3.95. The Morgan fingerprint density at radius 1 is 1.39 bits per heavy atom. The van der Waals surface area contributed by atoms with Crippen LogP contribution in [0.25, 0.3) is 0 Å². The Balaban J connectivity index is 0.00000264. The molecule has 132 valence electrons. The number of rotatable bonds is 5. The number of hydrogen-bond donors (Lipinski definition) is 1. The Kier molecular flexibility index (Phi) is 7.76. The van der Waals surface area contributed by atoms with E-state index in [0.717, 1.165) is 0 Å². The van der Waals surface area contributed by atoms with Crippen molar-refractivity contribution in [1.82, 2.24) is 4.31 Å². The van der Waals surface area contributed by atoms with E-state index in [2.05, 4.69) is 15.9 Å². The largest absolute Gasteiger partial charge is 0.496 e. The first-order valence-electron chi connectivity index (χ1n) is 7.02. The number of halogens is 2. The molecular formula is C14H22BrClN2O4S. The van der Waals surface area contributed by atoms with Gasteiger partial charge in [-0.2, -0.15) is 4.31 Å². The Morgan fingerprint density at radius 2 is 2.09 bits per heavy atom. The lowest BCUT2D eigenvalue weighted by atomic mass is 10.0. The summed E-state index contributed by atoms with van der Waals surface area (Å²) in [6, 6.07) is 4.50. The third kappa shape index (κ3) is 4.37. The predicted molar refractivity (Wildman–Crippen MR) is 94.7 cm³/mol. The molecule has 23 heavy (non-hydrogen) atoms. The zero-order chi connectivity index (χ0) is 16.3. The van der Waals surface area contributed by atoms with Crippen LogP contribution in [0.5, 0.6) is 5.75 Å². The highest BCUT2D eigenvalue weighted by Crippen LogP contribution is 2.31. The minimum absolute atomic E-state index is 0. The van der Waals surface area contributed by atoms with Crippen molar-refractivity contribution in [2.75, 3.05) is 27.3 Å². The van der Waals surface area contributed by atoms with Gasteiger partial charge in [-0.25, -0.2) is 8.42 Å². The van der Waals surface area contributed by atoms with Gasteiger partial charge in [-0.05, 0) is 47.0 Å². The molecule has 1 aliphatic heterocycles. The molecule has 9 heteroatoms. The fourth-order valence-corrected chi connectivity index (χ4v) is 5.06. The summed E-state index contributed by atoms with van der Waals surface area (Å²) in [6.45, 7) is 0.683. The normalized spacial score (nSPS) is 22.4. The molecule has 0 saturated carbocycles. The average Bonchev–Trinajstić information content (AvgIpc) is 2.53. The summed E-state index contributed by atoms with van der Waals surface area (Å²) in [7, 11) is -0.412. The van der Waals surface area contributed by atoms with Crippen LogP contribution in [0.1, 0.15) is 12.8 Å². The summed E-state index contributed by atoms with van der Waals surface area (Å²) < 4.78 is 38.3. The molecule has 2 atom stereocenters. The Hall–Kier alpha value is -0.380. The maximum atomic E-state index is 12.9. The maximum Gasteiger partial charge on any atom is 0.243 e. The van der Waals surface area contributed by atoms with E-state index in [1.807, 2.05) is 0 Å². The van der Waals surface area contributed by atoms with Crippen molar-refractivity contribution in [1.29, 1.82) is 0 Å². The fraction of sp³-hybridized carbons (Fsp3) is 0.571. The molecule has 2 unspecified atom stereocenters. The monoisotopic (exact) mass is 428 g/mol. The highest BCUT2D eigenvalue weighted by atomic mass is 79.9. The molecule has 2 rings (SSSR count). The lowest BCUT2D eigenvalue weighted by Crippen LogP contribution is -2.51. The number of ether oxygens (including phenoxy) is 2. The van der Waals surface area contributed by atoms with Crippen LogP contribution in [-0.2, 0) is 14.8 Å². The van der Waals surface area contributed by atoms with Crippen molar-refractivity contribution in [2.45, 2.75) is 29.9 Å². The van der Waals surface area contributed by atoms with E-state index in [9.17, 15) is 8.42 Å². The molecule has 6 nitrogen and oxygen atoms in total. The van der Waals surface area contributed by atoms with E-state index >= 15 is 0 Å². The Bertz CT molecular complexity index is 629. The number of methoxy groups -OCH3 is 2. The van der Waals surface area contributed by atoms with Crippen molar-refractivity contribution < 1.29 is 17.9 Å². The molecule has 0 aliphatic carbocycles. The Labute approximate surface area is 151 Å². The highest BCUT2D eigenvalue weighted by Gasteiger charge is 2.36. The molecule has 2 N–H and O–H groups in total. The zero-order valence-electron chi connectivity index (χ0n) is 13.1. The second-order valence-corrected chi connectivity index (χ2v) is 7.93. The zero-order valence-corrected chi connectivity index (χ0v) is 16.3. The van der Waals surface area contributed by atoms with E-state index in [-0.39, 0.29) is 36.0 Å². The van der Waals surface area contributed by atoms with Crippen LogP contribution >= 0.6 is 28.3 Å². The fourth-order valence-electron chi connectivity index (χ4n) is 2.68. The maximum absolute atomic E-state index is 12.9. The first kappa shape index (κ1) is 20.7. The van der Waals surface area contributed by atoms with Gasteiger partial charge < -0.3 is 15.2 Å². The standard InChI is InChI=1S/C14H21BrN2O4S.ClH/c1-20-11-5-6-17(10(7-11)9-16)22(18,19)12-3-4-14(21-2)13(15)8-12;/h3-4,8,10-11H,5-7,9,16H2,1-2H3;1H. The molecule has 0 amide bonds. The van der Waals surface area contributed by atoms with Gasteiger partial charge in [0.1, 0.15) is 5.75 Å². The van der Waals surface area contributed by atoms with Gasteiger partial charge >= 0.3 is 0 Å².